The van der Waals surface area contributed by atoms with Gasteiger partial charge in [-0.05, 0) is 25.7 Å². The van der Waals surface area contributed by atoms with Gasteiger partial charge in [0.05, 0.1) is 25.4 Å². The maximum atomic E-state index is 12.6. The minimum absolute atomic E-state index is 0.0230. The van der Waals surface area contributed by atoms with E-state index in [1.807, 2.05) is 0 Å². The number of carbonyl (C=O) groups excluding carboxylic acids is 2. The van der Waals surface area contributed by atoms with Crippen LogP contribution in [0.3, 0.4) is 0 Å². The predicted octanol–water partition coefficient (Wildman–Crippen LogP) is 27.3. The van der Waals surface area contributed by atoms with Crippen LogP contribution in [0, 0.1) is 0 Å². The van der Waals surface area contributed by atoms with E-state index >= 15 is 0 Å². The molecule has 0 fully saturated rings. The van der Waals surface area contributed by atoms with Gasteiger partial charge in [-0.15, -0.1) is 0 Å². The molecule has 0 radical (unpaired) electrons. The molecule has 0 rings (SSSR count). The van der Waals surface area contributed by atoms with Gasteiger partial charge in [-0.1, -0.05) is 450 Å². The minimum atomic E-state index is -0.660. The second-order valence-electron chi connectivity index (χ2n) is 28.8. The fraction of sp³-hybridized carbons (Fsp3) is 0.976. The van der Waals surface area contributed by atoms with Crippen LogP contribution in [-0.2, 0) is 14.3 Å². The van der Waals surface area contributed by atoms with E-state index < -0.39 is 12.1 Å². The highest BCUT2D eigenvalue weighted by atomic mass is 16.5. The van der Waals surface area contributed by atoms with Gasteiger partial charge in [-0.3, -0.25) is 9.59 Å². The van der Waals surface area contributed by atoms with Gasteiger partial charge in [-0.25, -0.2) is 0 Å². The van der Waals surface area contributed by atoms with Crippen LogP contribution in [-0.4, -0.2) is 47.4 Å². The van der Waals surface area contributed by atoms with Crippen molar-refractivity contribution in [2.24, 2.45) is 0 Å². The summed E-state index contributed by atoms with van der Waals surface area (Å²) in [7, 11) is 0. The molecule has 3 N–H and O–H groups in total. The number of amides is 1. The molecule has 0 aromatic carbocycles. The van der Waals surface area contributed by atoms with Crippen LogP contribution in [0.4, 0.5) is 0 Å². The summed E-state index contributed by atoms with van der Waals surface area (Å²) < 4.78 is 5.50. The highest BCUT2D eigenvalue weighted by Gasteiger charge is 2.20. The molecule has 0 heterocycles. The number of aliphatic hydroxyl groups is 2. The number of rotatable bonds is 79. The Kier molecular flexibility index (Phi) is 77.3. The van der Waals surface area contributed by atoms with Crippen LogP contribution in [0.15, 0.2) is 0 Å². The van der Waals surface area contributed by atoms with E-state index in [-0.39, 0.29) is 18.5 Å². The van der Waals surface area contributed by atoms with E-state index in [1.54, 1.807) is 0 Å². The molecular formula is C82H163NO5. The largest absolute Gasteiger partial charge is 0.466 e. The summed E-state index contributed by atoms with van der Waals surface area (Å²) in [6, 6.07) is -0.537. The first-order chi connectivity index (χ1) is 43.5. The molecule has 0 bridgehead atoms. The number of unbranched alkanes of at least 4 members (excludes halogenated alkanes) is 68. The quantitative estimate of drug-likeness (QED) is 0.0417. The van der Waals surface area contributed by atoms with Gasteiger partial charge in [0.15, 0.2) is 0 Å². The Morgan fingerprint density at radius 2 is 0.466 bits per heavy atom. The van der Waals surface area contributed by atoms with Crippen LogP contribution in [0.2, 0.25) is 0 Å². The molecule has 1 amide bonds. The van der Waals surface area contributed by atoms with Crippen molar-refractivity contribution in [3.8, 4) is 0 Å². The third kappa shape index (κ3) is 73.9. The minimum Gasteiger partial charge on any atom is -0.466 e. The van der Waals surface area contributed by atoms with Crippen molar-refractivity contribution in [1.29, 1.82) is 0 Å². The van der Waals surface area contributed by atoms with E-state index in [0.717, 1.165) is 38.5 Å². The van der Waals surface area contributed by atoms with E-state index in [1.165, 1.54) is 417 Å². The van der Waals surface area contributed by atoms with E-state index in [4.69, 9.17) is 4.74 Å². The Morgan fingerprint density at radius 3 is 0.693 bits per heavy atom. The van der Waals surface area contributed by atoms with Crippen molar-refractivity contribution in [3.05, 3.63) is 0 Å². The van der Waals surface area contributed by atoms with Gasteiger partial charge in [0.1, 0.15) is 0 Å². The first-order valence-electron chi connectivity index (χ1n) is 41.3. The smallest absolute Gasteiger partial charge is 0.305 e. The lowest BCUT2D eigenvalue weighted by atomic mass is 10.0. The van der Waals surface area contributed by atoms with Crippen molar-refractivity contribution in [2.75, 3.05) is 13.2 Å². The molecule has 0 saturated heterocycles. The highest BCUT2D eigenvalue weighted by molar-refractivity contribution is 5.76. The Labute approximate surface area is 553 Å². The molecule has 0 aliphatic carbocycles. The summed E-state index contributed by atoms with van der Waals surface area (Å²) in [5, 5.41) is 23.5. The average molecular weight is 1240 g/mol. The van der Waals surface area contributed by atoms with E-state index in [9.17, 15) is 19.8 Å². The Hall–Kier alpha value is -1.14. The van der Waals surface area contributed by atoms with Gasteiger partial charge >= 0.3 is 5.97 Å². The predicted molar refractivity (Wildman–Crippen MR) is 389 cm³/mol. The average Bonchev–Trinajstić information content (AvgIpc) is 3.59. The topological polar surface area (TPSA) is 95.9 Å². The summed E-state index contributed by atoms with van der Waals surface area (Å²) >= 11 is 0. The fourth-order valence-electron chi connectivity index (χ4n) is 13.6. The van der Waals surface area contributed by atoms with Gasteiger partial charge < -0.3 is 20.3 Å². The molecule has 88 heavy (non-hydrogen) atoms. The number of ether oxygens (including phenoxy) is 1. The second-order valence-corrected chi connectivity index (χ2v) is 28.8. The van der Waals surface area contributed by atoms with Crippen molar-refractivity contribution in [3.63, 3.8) is 0 Å². The highest BCUT2D eigenvalue weighted by Crippen LogP contribution is 2.21. The molecule has 6 heteroatoms. The van der Waals surface area contributed by atoms with Crippen LogP contribution < -0.4 is 5.32 Å². The molecular weight excluding hydrogens is 1080 g/mol. The van der Waals surface area contributed by atoms with Crippen molar-refractivity contribution < 1.29 is 24.5 Å². The molecule has 526 valence electrons. The zero-order chi connectivity index (χ0) is 63.5. The third-order valence-electron chi connectivity index (χ3n) is 19.9. The fourth-order valence-corrected chi connectivity index (χ4v) is 13.6. The van der Waals surface area contributed by atoms with Crippen LogP contribution in [0.5, 0.6) is 0 Å². The van der Waals surface area contributed by atoms with Crippen molar-refractivity contribution >= 4 is 11.9 Å². The first kappa shape index (κ1) is 86.9. The molecule has 0 spiro atoms. The lowest BCUT2D eigenvalue weighted by molar-refractivity contribution is -0.143. The number of hydrogen-bond acceptors (Lipinski definition) is 5. The Balaban J connectivity index is 3.29. The van der Waals surface area contributed by atoms with Crippen molar-refractivity contribution in [2.45, 2.75) is 501 Å². The number of esters is 1. The molecule has 0 saturated carbocycles. The van der Waals surface area contributed by atoms with Gasteiger partial charge in [0, 0.05) is 12.8 Å². The van der Waals surface area contributed by atoms with E-state index in [0.29, 0.717) is 25.9 Å². The molecule has 0 aliphatic heterocycles. The van der Waals surface area contributed by atoms with E-state index in [2.05, 4.69) is 19.2 Å². The summed E-state index contributed by atoms with van der Waals surface area (Å²) in [6.45, 7) is 5.02. The zero-order valence-electron chi connectivity index (χ0n) is 60.5. The molecule has 0 aliphatic rings. The second kappa shape index (κ2) is 78.3. The molecule has 2 atom stereocenters. The maximum absolute atomic E-state index is 12.6. The summed E-state index contributed by atoms with van der Waals surface area (Å²) in [6.07, 6.45) is 97.9. The number of hydrogen-bond donors (Lipinski definition) is 3. The molecule has 0 aromatic rings. The number of nitrogens with one attached hydrogen (secondary N) is 1. The Bertz CT molecular complexity index is 1290. The molecule has 6 nitrogen and oxygen atoms in total. The molecule has 0 aromatic heterocycles. The summed E-state index contributed by atoms with van der Waals surface area (Å²) in [4.78, 5) is 24.6. The molecule has 2 unspecified atom stereocenters. The zero-order valence-corrected chi connectivity index (χ0v) is 60.5. The number of aliphatic hydroxyl groups excluding tert-OH is 2. The Morgan fingerprint density at radius 1 is 0.273 bits per heavy atom. The van der Waals surface area contributed by atoms with Gasteiger partial charge in [-0.2, -0.15) is 0 Å². The van der Waals surface area contributed by atoms with Crippen LogP contribution >= 0.6 is 0 Å². The van der Waals surface area contributed by atoms with Gasteiger partial charge in [0.2, 0.25) is 5.91 Å². The first-order valence-corrected chi connectivity index (χ1v) is 41.3. The SMILES string of the molecule is CCCCCCCCCCCCCCCCCCCCCCCC(O)C(CO)NC(=O)CCCCCCCCCCCCCCCCCCCCCCCCCCCCCCCCCCCCCCCOC(=O)CCCCCCCCCCCCCCC. The monoisotopic (exact) mass is 1240 g/mol. The summed E-state index contributed by atoms with van der Waals surface area (Å²) in [5.41, 5.74) is 0. The lowest BCUT2D eigenvalue weighted by Gasteiger charge is -2.22. The maximum Gasteiger partial charge on any atom is 0.305 e. The van der Waals surface area contributed by atoms with Crippen LogP contribution in [0.25, 0.3) is 0 Å². The number of carbonyl (C=O) groups is 2. The normalized spacial score (nSPS) is 12.4. The third-order valence-corrected chi connectivity index (χ3v) is 19.9. The lowest BCUT2D eigenvalue weighted by Crippen LogP contribution is -2.45. The summed E-state index contributed by atoms with van der Waals surface area (Å²) in [5.74, 6) is 0.00338. The standard InChI is InChI=1S/C82H163NO5/c1-3-5-7-9-11-13-15-17-18-19-20-38-41-44-47-51-54-58-62-66-70-74-80(85)79(78-84)83-81(86)75-71-67-63-59-55-52-48-45-42-39-36-34-32-30-28-26-24-22-21-23-25-27-29-31-33-35-37-40-43-46-49-53-57-61-65-69-73-77-88-82(87)76-72-68-64-60-56-50-16-14-12-10-8-6-4-2/h79-80,84-85H,3-78H2,1-2H3,(H,83,86). The van der Waals surface area contributed by atoms with Crippen LogP contribution in [0.1, 0.15) is 489 Å². The van der Waals surface area contributed by atoms with Crippen molar-refractivity contribution in [1.82, 2.24) is 5.32 Å². The van der Waals surface area contributed by atoms with Gasteiger partial charge in [0.25, 0.3) is 0 Å².